The highest BCUT2D eigenvalue weighted by Gasteiger charge is 2.11. The highest BCUT2D eigenvalue weighted by Crippen LogP contribution is 2.17. The molecule has 6 heteroatoms. The van der Waals surface area contributed by atoms with Crippen LogP contribution in [-0.2, 0) is 9.84 Å². The van der Waals surface area contributed by atoms with Gasteiger partial charge in [0.05, 0.1) is 4.90 Å². The summed E-state index contributed by atoms with van der Waals surface area (Å²) in [4.78, 5) is 12.4. The normalized spacial score (nSPS) is 11.1. The minimum Gasteiger partial charge on any atom is -0.399 e. The van der Waals surface area contributed by atoms with Crippen molar-refractivity contribution in [3.05, 3.63) is 53.6 Å². The monoisotopic (exact) mass is 304 g/mol. The first-order valence-electron chi connectivity index (χ1n) is 6.25. The number of sulfone groups is 1. The Labute approximate surface area is 123 Å². The predicted molar refractivity (Wildman–Crippen MR) is 83.1 cm³/mol. The Morgan fingerprint density at radius 3 is 2.29 bits per heavy atom. The van der Waals surface area contributed by atoms with Crippen molar-refractivity contribution in [1.29, 1.82) is 0 Å². The van der Waals surface area contributed by atoms with E-state index in [2.05, 4.69) is 5.32 Å². The summed E-state index contributed by atoms with van der Waals surface area (Å²) < 4.78 is 22.7. The van der Waals surface area contributed by atoms with E-state index in [0.29, 0.717) is 16.9 Å². The molecule has 0 radical (unpaired) electrons. The van der Waals surface area contributed by atoms with E-state index in [-0.39, 0.29) is 10.8 Å². The minimum atomic E-state index is -3.24. The third-order valence-electron chi connectivity index (χ3n) is 3.05. The van der Waals surface area contributed by atoms with Crippen molar-refractivity contribution in [2.24, 2.45) is 0 Å². The van der Waals surface area contributed by atoms with Gasteiger partial charge in [0.15, 0.2) is 9.84 Å². The molecule has 0 heterocycles. The van der Waals surface area contributed by atoms with Crippen molar-refractivity contribution in [3.63, 3.8) is 0 Å². The molecule has 0 atom stereocenters. The van der Waals surface area contributed by atoms with E-state index in [1.807, 2.05) is 6.92 Å². The zero-order valence-electron chi connectivity index (χ0n) is 11.8. The van der Waals surface area contributed by atoms with E-state index in [9.17, 15) is 13.2 Å². The summed E-state index contributed by atoms with van der Waals surface area (Å²) in [7, 11) is -3.24. The zero-order chi connectivity index (χ0) is 15.6. The Bertz CT molecular complexity index is 781. The molecule has 2 aromatic rings. The molecule has 5 nitrogen and oxygen atoms in total. The Hall–Kier alpha value is -2.34. The molecule has 3 N–H and O–H groups in total. The fourth-order valence-corrected chi connectivity index (χ4v) is 2.50. The van der Waals surface area contributed by atoms with Gasteiger partial charge in [-0.05, 0) is 48.9 Å². The number of hydrogen-bond acceptors (Lipinski definition) is 4. The van der Waals surface area contributed by atoms with Gasteiger partial charge in [-0.25, -0.2) is 8.42 Å². The number of hydrogen-bond donors (Lipinski definition) is 2. The lowest BCUT2D eigenvalue weighted by atomic mass is 10.1. The molecule has 0 aliphatic rings. The summed E-state index contributed by atoms with van der Waals surface area (Å²) in [6, 6.07) is 11.1. The third kappa shape index (κ3) is 3.61. The molecule has 0 bridgehead atoms. The lowest BCUT2D eigenvalue weighted by Gasteiger charge is -2.09. The van der Waals surface area contributed by atoms with Crippen LogP contribution in [0.3, 0.4) is 0 Å². The van der Waals surface area contributed by atoms with E-state index >= 15 is 0 Å². The molecule has 1 amide bonds. The first kappa shape index (κ1) is 15.1. The maximum atomic E-state index is 12.2. The molecular weight excluding hydrogens is 288 g/mol. The highest BCUT2D eigenvalue weighted by molar-refractivity contribution is 7.90. The van der Waals surface area contributed by atoms with Gasteiger partial charge < -0.3 is 11.1 Å². The standard InChI is InChI=1S/C15H16N2O3S/c1-10-3-4-11(16)9-14(10)15(18)17-12-5-7-13(8-6-12)21(2,19)20/h3-9H,16H2,1-2H3,(H,17,18). The summed E-state index contributed by atoms with van der Waals surface area (Å²) in [5.74, 6) is -0.285. The van der Waals surface area contributed by atoms with Crippen molar-refractivity contribution >= 4 is 27.1 Å². The van der Waals surface area contributed by atoms with Gasteiger partial charge in [0.1, 0.15) is 0 Å². The fraction of sp³-hybridized carbons (Fsp3) is 0.133. The summed E-state index contributed by atoms with van der Waals surface area (Å²) in [5.41, 5.74) is 8.02. The molecule has 0 aliphatic heterocycles. The Morgan fingerprint density at radius 1 is 1.10 bits per heavy atom. The lowest BCUT2D eigenvalue weighted by molar-refractivity contribution is 0.102. The largest absolute Gasteiger partial charge is 0.399 e. The van der Waals surface area contributed by atoms with E-state index < -0.39 is 9.84 Å². The topological polar surface area (TPSA) is 89.3 Å². The van der Waals surface area contributed by atoms with Gasteiger partial charge in [-0.15, -0.1) is 0 Å². The van der Waals surface area contributed by atoms with Gasteiger partial charge in [0, 0.05) is 23.2 Å². The number of benzene rings is 2. The third-order valence-corrected chi connectivity index (χ3v) is 4.18. The van der Waals surface area contributed by atoms with Crippen LogP contribution in [-0.4, -0.2) is 20.6 Å². The molecule has 0 saturated carbocycles. The smallest absolute Gasteiger partial charge is 0.256 e. The van der Waals surface area contributed by atoms with E-state index in [0.717, 1.165) is 11.8 Å². The molecule has 21 heavy (non-hydrogen) atoms. The van der Waals surface area contributed by atoms with E-state index in [1.54, 1.807) is 30.3 Å². The minimum absolute atomic E-state index is 0.209. The van der Waals surface area contributed by atoms with Crippen molar-refractivity contribution in [3.8, 4) is 0 Å². The molecule has 0 spiro atoms. The van der Waals surface area contributed by atoms with Crippen LogP contribution in [0, 0.1) is 6.92 Å². The second kappa shape index (κ2) is 5.57. The van der Waals surface area contributed by atoms with Gasteiger partial charge in [0.25, 0.3) is 5.91 Å². The van der Waals surface area contributed by atoms with Crippen LogP contribution in [0.25, 0.3) is 0 Å². The average molecular weight is 304 g/mol. The second-order valence-corrected chi connectivity index (χ2v) is 6.84. The Balaban J connectivity index is 2.22. The molecule has 110 valence electrons. The summed E-state index contributed by atoms with van der Waals surface area (Å²) >= 11 is 0. The first-order valence-corrected chi connectivity index (χ1v) is 8.14. The van der Waals surface area contributed by atoms with Crippen LogP contribution < -0.4 is 11.1 Å². The molecule has 0 unspecified atom stereocenters. The van der Waals surface area contributed by atoms with Crippen LogP contribution in [0.1, 0.15) is 15.9 Å². The summed E-state index contributed by atoms with van der Waals surface area (Å²) in [6.07, 6.45) is 1.14. The number of nitrogens with two attached hydrogens (primary N) is 1. The van der Waals surface area contributed by atoms with Gasteiger partial charge >= 0.3 is 0 Å². The number of amides is 1. The molecule has 0 aliphatic carbocycles. The zero-order valence-corrected chi connectivity index (χ0v) is 12.6. The fourth-order valence-electron chi connectivity index (χ4n) is 1.87. The maximum absolute atomic E-state index is 12.2. The number of nitrogen functional groups attached to an aromatic ring is 1. The average Bonchev–Trinajstić information content (AvgIpc) is 2.41. The van der Waals surface area contributed by atoms with Crippen molar-refractivity contribution in [1.82, 2.24) is 0 Å². The lowest BCUT2D eigenvalue weighted by Crippen LogP contribution is -2.13. The molecule has 2 rings (SSSR count). The Kier molecular flexibility index (Phi) is 3.99. The summed E-state index contributed by atoms with van der Waals surface area (Å²) in [6.45, 7) is 1.82. The molecule has 0 aromatic heterocycles. The van der Waals surface area contributed by atoms with Crippen LogP contribution in [0.15, 0.2) is 47.4 Å². The number of aryl methyl sites for hydroxylation is 1. The number of anilines is 2. The molecule has 0 saturated heterocycles. The van der Waals surface area contributed by atoms with Crippen LogP contribution >= 0.6 is 0 Å². The number of rotatable bonds is 3. The van der Waals surface area contributed by atoms with Crippen LogP contribution in [0.5, 0.6) is 0 Å². The van der Waals surface area contributed by atoms with Crippen LogP contribution in [0.2, 0.25) is 0 Å². The van der Waals surface area contributed by atoms with Crippen molar-refractivity contribution in [2.45, 2.75) is 11.8 Å². The van der Waals surface area contributed by atoms with Gasteiger partial charge in [-0.1, -0.05) is 6.07 Å². The Morgan fingerprint density at radius 2 is 1.71 bits per heavy atom. The second-order valence-electron chi connectivity index (χ2n) is 4.83. The first-order chi connectivity index (χ1) is 9.77. The van der Waals surface area contributed by atoms with Crippen LogP contribution in [0.4, 0.5) is 11.4 Å². The van der Waals surface area contributed by atoms with Gasteiger partial charge in [0.2, 0.25) is 0 Å². The quantitative estimate of drug-likeness (QED) is 0.851. The van der Waals surface area contributed by atoms with Gasteiger partial charge in [-0.2, -0.15) is 0 Å². The predicted octanol–water partition coefficient (Wildman–Crippen LogP) is 2.23. The number of nitrogens with one attached hydrogen (secondary N) is 1. The van der Waals surface area contributed by atoms with Crippen molar-refractivity contribution in [2.75, 3.05) is 17.3 Å². The molecule has 2 aromatic carbocycles. The summed E-state index contributed by atoms with van der Waals surface area (Å²) in [5, 5.41) is 2.72. The number of carbonyl (C=O) groups excluding carboxylic acids is 1. The SMILES string of the molecule is Cc1ccc(N)cc1C(=O)Nc1ccc(S(C)(=O)=O)cc1. The maximum Gasteiger partial charge on any atom is 0.256 e. The van der Waals surface area contributed by atoms with Gasteiger partial charge in [-0.3, -0.25) is 4.79 Å². The molecule has 0 fully saturated rings. The molecular formula is C15H16N2O3S. The van der Waals surface area contributed by atoms with E-state index in [1.165, 1.54) is 12.1 Å². The van der Waals surface area contributed by atoms with Crippen molar-refractivity contribution < 1.29 is 13.2 Å². The van der Waals surface area contributed by atoms with E-state index in [4.69, 9.17) is 5.73 Å². The highest BCUT2D eigenvalue weighted by atomic mass is 32.2. The number of carbonyl (C=O) groups is 1.